The van der Waals surface area contributed by atoms with E-state index in [2.05, 4.69) is 21.4 Å². The third kappa shape index (κ3) is 3.06. The molecule has 1 aromatic rings. The van der Waals surface area contributed by atoms with Crippen LogP contribution >= 0.6 is 0 Å². The number of hydrogen-bond acceptors (Lipinski definition) is 3. The lowest BCUT2D eigenvalue weighted by molar-refractivity contribution is 0.175. The summed E-state index contributed by atoms with van der Waals surface area (Å²) < 4.78 is 1.88. The van der Waals surface area contributed by atoms with Gasteiger partial charge in [-0.15, -0.1) is 0 Å². The van der Waals surface area contributed by atoms with E-state index in [4.69, 9.17) is 0 Å². The van der Waals surface area contributed by atoms with Gasteiger partial charge in [-0.05, 0) is 51.5 Å². The van der Waals surface area contributed by atoms with E-state index in [0.29, 0.717) is 0 Å². The summed E-state index contributed by atoms with van der Waals surface area (Å²) in [5.41, 5.74) is 1.19. The van der Waals surface area contributed by atoms with Gasteiger partial charge in [-0.2, -0.15) is 5.10 Å². The van der Waals surface area contributed by atoms with Crippen LogP contribution in [0, 0.1) is 5.92 Å². The summed E-state index contributed by atoms with van der Waals surface area (Å²) in [7, 11) is 4.02. The molecule has 0 amide bonds. The molecule has 0 aliphatic carbocycles. The van der Waals surface area contributed by atoms with Gasteiger partial charge in [0.2, 0.25) is 0 Å². The Labute approximate surface area is 97.6 Å². The van der Waals surface area contributed by atoms with E-state index >= 15 is 0 Å². The van der Waals surface area contributed by atoms with Crippen molar-refractivity contribution in [3.8, 4) is 0 Å². The summed E-state index contributed by atoms with van der Waals surface area (Å²) in [6, 6.07) is 2.11. The van der Waals surface area contributed by atoms with Crippen molar-refractivity contribution in [3.63, 3.8) is 0 Å². The molecule has 0 unspecified atom stereocenters. The molecular formula is C12H22N4. The highest BCUT2D eigenvalue weighted by Crippen LogP contribution is 2.17. The quantitative estimate of drug-likeness (QED) is 0.820. The molecule has 1 fully saturated rings. The first-order valence-electron chi connectivity index (χ1n) is 6.13. The zero-order valence-corrected chi connectivity index (χ0v) is 10.3. The Morgan fingerprint density at radius 2 is 2.19 bits per heavy atom. The Kier molecular flexibility index (Phi) is 3.96. The predicted molar refractivity (Wildman–Crippen MR) is 65.1 cm³/mol. The average Bonchev–Trinajstić information content (AvgIpc) is 2.67. The molecule has 16 heavy (non-hydrogen) atoms. The lowest BCUT2D eigenvalue weighted by Gasteiger charge is -2.31. The molecule has 0 saturated carbocycles. The van der Waals surface area contributed by atoms with Gasteiger partial charge in [0.25, 0.3) is 0 Å². The maximum Gasteiger partial charge on any atom is 0.0764 e. The molecule has 1 aliphatic rings. The SMILES string of the molecule is CNCC1CCN(Cc2ccn(C)n2)CC1. The van der Waals surface area contributed by atoms with Gasteiger partial charge in [0.05, 0.1) is 5.69 Å². The van der Waals surface area contributed by atoms with E-state index in [9.17, 15) is 0 Å². The van der Waals surface area contributed by atoms with Crippen molar-refractivity contribution in [1.29, 1.82) is 0 Å². The third-order valence-corrected chi connectivity index (χ3v) is 3.35. The van der Waals surface area contributed by atoms with Crippen molar-refractivity contribution in [2.75, 3.05) is 26.7 Å². The van der Waals surface area contributed by atoms with Crippen molar-refractivity contribution in [2.45, 2.75) is 19.4 Å². The molecule has 2 rings (SSSR count). The monoisotopic (exact) mass is 222 g/mol. The smallest absolute Gasteiger partial charge is 0.0764 e. The maximum absolute atomic E-state index is 4.42. The second-order valence-corrected chi connectivity index (χ2v) is 4.76. The zero-order valence-electron chi connectivity index (χ0n) is 10.3. The summed E-state index contributed by atoms with van der Waals surface area (Å²) in [4.78, 5) is 2.51. The molecule has 1 N–H and O–H groups in total. The van der Waals surface area contributed by atoms with Crippen LogP contribution in [-0.2, 0) is 13.6 Å². The predicted octanol–water partition coefficient (Wildman–Crippen LogP) is 0.851. The summed E-state index contributed by atoms with van der Waals surface area (Å²) in [6.45, 7) is 4.59. The van der Waals surface area contributed by atoms with Crippen molar-refractivity contribution in [2.24, 2.45) is 13.0 Å². The van der Waals surface area contributed by atoms with E-state index in [-0.39, 0.29) is 0 Å². The summed E-state index contributed by atoms with van der Waals surface area (Å²) in [6.07, 6.45) is 4.64. The van der Waals surface area contributed by atoms with Gasteiger partial charge in [-0.1, -0.05) is 0 Å². The van der Waals surface area contributed by atoms with Crippen LogP contribution in [0.3, 0.4) is 0 Å². The summed E-state index contributed by atoms with van der Waals surface area (Å²) >= 11 is 0. The van der Waals surface area contributed by atoms with Gasteiger partial charge in [0.15, 0.2) is 0 Å². The Hall–Kier alpha value is -0.870. The highest BCUT2D eigenvalue weighted by Gasteiger charge is 2.18. The third-order valence-electron chi connectivity index (χ3n) is 3.35. The number of aromatic nitrogens is 2. The Morgan fingerprint density at radius 1 is 1.44 bits per heavy atom. The van der Waals surface area contributed by atoms with Crippen LogP contribution in [0.2, 0.25) is 0 Å². The van der Waals surface area contributed by atoms with E-state index < -0.39 is 0 Å². The molecule has 1 saturated heterocycles. The second-order valence-electron chi connectivity index (χ2n) is 4.76. The molecular weight excluding hydrogens is 200 g/mol. The Bertz CT molecular complexity index is 313. The van der Waals surface area contributed by atoms with Gasteiger partial charge in [0.1, 0.15) is 0 Å². The molecule has 0 atom stereocenters. The van der Waals surface area contributed by atoms with E-state index in [1.165, 1.54) is 31.6 Å². The molecule has 2 heterocycles. The first-order valence-corrected chi connectivity index (χ1v) is 6.13. The van der Waals surface area contributed by atoms with Crippen LogP contribution in [0.15, 0.2) is 12.3 Å². The van der Waals surface area contributed by atoms with Crippen molar-refractivity contribution in [1.82, 2.24) is 20.0 Å². The van der Waals surface area contributed by atoms with Crippen LogP contribution in [0.1, 0.15) is 18.5 Å². The molecule has 4 heteroatoms. The van der Waals surface area contributed by atoms with E-state index in [1.807, 2.05) is 25.0 Å². The minimum atomic E-state index is 0.866. The molecule has 0 aromatic carbocycles. The summed E-state index contributed by atoms with van der Waals surface area (Å²) in [5.74, 6) is 0.866. The average molecular weight is 222 g/mol. The molecule has 1 aliphatic heterocycles. The normalized spacial score (nSPS) is 19.1. The van der Waals surface area contributed by atoms with Gasteiger partial charge >= 0.3 is 0 Å². The minimum Gasteiger partial charge on any atom is -0.319 e. The fourth-order valence-corrected chi connectivity index (χ4v) is 2.41. The fraction of sp³-hybridized carbons (Fsp3) is 0.750. The van der Waals surface area contributed by atoms with Crippen molar-refractivity contribution >= 4 is 0 Å². The standard InChI is InChI=1S/C12H22N4/c1-13-9-11-3-7-16(8-4-11)10-12-5-6-15(2)14-12/h5-6,11,13H,3-4,7-10H2,1-2H3. The number of aryl methyl sites for hydroxylation is 1. The Balaban J connectivity index is 1.77. The van der Waals surface area contributed by atoms with Gasteiger partial charge in [-0.25, -0.2) is 0 Å². The highest BCUT2D eigenvalue weighted by molar-refractivity contribution is 4.98. The van der Waals surface area contributed by atoms with Gasteiger partial charge in [0, 0.05) is 19.8 Å². The first-order chi connectivity index (χ1) is 7.78. The van der Waals surface area contributed by atoms with E-state index in [0.717, 1.165) is 19.0 Å². The van der Waals surface area contributed by atoms with Crippen LogP contribution in [0.5, 0.6) is 0 Å². The summed E-state index contributed by atoms with van der Waals surface area (Å²) in [5, 5.41) is 7.69. The second kappa shape index (κ2) is 5.46. The number of piperidine rings is 1. The molecule has 0 spiro atoms. The number of likely N-dealkylation sites (tertiary alicyclic amines) is 1. The van der Waals surface area contributed by atoms with Crippen molar-refractivity contribution in [3.05, 3.63) is 18.0 Å². The fourth-order valence-electron chi connectivity index (χ4n) is 2.41. The minimum absolute atomic E-state index is 0.866. The Morgan fingerprint density at radius 3 is 2.75 bits per heavy atom. The van der Waals surface area contributed by atoms with Crippen LogP contribution in [0.25, 0.3) is 0 Å². The topological polar surface area (TPSA) is 33.1 Å². The highest BCUT2D eigenvalue weighted by atomic mass is 15.3. The largest absolute Gasteiger partial charge is 0.319 e. The van der Waals surface area contributed by atoms with E-state index in [1.54, 1.807) is 0 Å². The van der Waals surface area contributed by atoms with Crippen LogP contribution < -0.4 is 5.32 Å². The first kappa shape index (κ1) is 11.6. The number of hydrogen-bond donors (Lipinski definition) is 1. The van der Waals surface area contributed by atoms with Gasteiger partial charge < -0.3 is 5.32 Å². The molecule has 4 nitrogen and oxygen atoms in total. The van der Waals surface area contributed by atoms with Crippen molar-refractivity contribution < 1.29 is 0 Å². The lowest BCUT2D eigenvalue weighted by Crippen LogP contribution is -2.36. The molecule has 1 aromatic heterocycles. The number of nitrogens with one attached hydrogen (secondary N) is 1. The molecule has 90 valence electrons. The zero-order chi connectivity index (χ0) is 11.4. The number of nitrogens with zero attached hydrogens (tertiary/aromatic N) is 3. The molecule has 0 bridgehead atoms. The van der Waals surface area contributed by atoms with Gasteiger partial charge in [-0.3, -0.25) is 9.58 Å². The maximum atomic E-state index is 4.42. The van der Waals surface area contributed by atoms with Crippen LogP contribution in [0.4, 0.5) is 0 Å². The lowest BCUT2D eigenvalue weighted by atomic mass is 9.97. The molecule has 0 radical (unpaired) electrons. The number of rotatable bonds is 4. The van der Waals surface area contributed by atoms with Crippen LogP contribution in [-0.4, -0.2) is 41.4 Å².